The molecule has 29 heavy (non-hydrogen) atoms. The largest absolute Gasteiger partial charge is 0.193 e. The van der Waals surface area contributed by atoms with E-state index in [2.05, 4.69) is 43.3 Å². The number of rotatable bonds is 9. The normalized spacial score (nSPS) is 27.7. The SMILES string of the molecule is CCCCCc1ccc(C2CCC(CCC3CCC(/C=C/C#N)CC3)CC2)cc1. The van der Waals surface area contributed by atoms with Crippen LogP contribution in [0.1, 0.15) is 107 Å². The van der Waals surface area contributed by atoms with E-state index in [1.54, 1.807) is 11.6 Å². The second-order valence-corrected chi connectivity index (χ2v) is 9.76. The van der Waals surface area contributed by atoms with Crippen LogP contribution in [0.5, 0.6) is 0 Å². The van der Waals surface area contributed by atoms with E-state index in [1.807, 2.05) is 0 Å². The van der Waals surface area contributed by atoms with E-state index < -0.39 is 0 Å². The Kier molecular flexibility index (Phi) is 9.33. The summed E-state index contributed by atoms with van der Waals surface area (Å²) in [5, 5.41) is 8.68. The molecule has 0 atom stereocenters. The highest BCUT2D eigenvalue weighted by Crippen LogP contribution is 2.40. The number of unbranched alkanes of at least 4 members (excludes halogenated alkanes) is 2. The van der Waals surface area contributed by atoms with Crippen molar-refractivity contribution in [2.75, 3.05) is 0 Å². The monoisotopic (exact) mass is 391 g/mol. The Morgan fingerprint density at radius 2 is 1.48 bits per heavy atom. The van der Waals surface area contributed by atoms with Crippen LogP contribution in [0.2, 0.25) is 0 Å². The minimum Gasteiger partial charge on any atom is -0.193 e. The van der Waals surface area contributed by atoms with Gasteiger partial charge in [-0.15, -0.1) is 0 Å². The summed E-state index contributed by atoms with van der Waals surface area (Å²) in [4.78, 5) is 0. The highest BCUT2D eigenvalue weighted by molar-refractivity contribution is 5.26. The molecule has 2 fully saturated rings. The number of benzene rings is 1. The molecule has 3 rings (SSSR count). The van der Waals surface area contributed by atoms with Crippen LogP contribution in [0.25, 0.3) is 0 Å². The predicted molar refractivity (Wildman–Crippen MR) is 124 cm³/mol. The van der Waals surface area contributed by atoms with Crippen molar-refractivity contribution >= 4 is 0 Å². The minimum atomic E-state index is 0.666. The molecule has 0 N–H and O–H groups in total. The molecule has 0 amide bonds. The molecule has 0 radical (unpaired) electrons. The second-order valence-electron chi connectivity index (χ2n) is 9.76. The molecule has 0 aliphatic heterocycles. The van der Waals surface area contributed by atoms with Gasteiger partial charge in [0.2, 0.25) is 0 Å². The second kappa shape index (κ2) is 12.2. The van der Waals surface area contributed by atoms with Gasteiger partial charge in [0.15, 0.2) is 0 Å². The smallest absolute Gasteiger partial charge is 0.0908 e. The van der Waals surface area contributed by atoms with E-state index in [0.717, 1.165) is 17.8 Å². The number of nitriles is 1. The van der Waals surface area contributed by atoms with Crippen molar-refractivity contribution in [1.29, 1.82) is 5.26 Å². The van der Waals surface area contributed by atoms with Gasteiger partial charge in [-0.05, 0) is 99.0 Å². The van der Waals surface area contributed by atoms with E-state index in [0.29, 0.717) is 5.92 Å². The average Bonchev–Trinajstić information content (AvgIpc) is 2.78. The third-order valence-corrected chi connectivity index (χ3v) is 7.68. The van der Waals surface area contributed by atoms with Crippen LogP contribution in [0.4, 0.5) is 0 Å². The third kappa shape index (κ3) is 7.33. The maximum absolute atomic E-state index is 8.68. The summed E-state index contributed by atoms with van der Waals surface area (Å²) in [5.41, 5.74) is 3.11. The number of hydrogen-bond donors (Lipinski definition) is 0. The van der Waals surface area contributed by atoms with Crippen LogP contribution < -0.4 is 0 Å². The highest BCUT2D eigenvalue weighted by Gasteiger charge is 2.24. The first kappa shape index (κ1) is 22.1. The summed E-state index contributed by atoms with van der Waals surface area (Å²) in [6.07, 6.45) is 22.9. The van der Waals surface area contributed by atoms with Crippen LogP contribution in [0.15, 0.2) is 36.4 Å². The molecular weight excluding hydrogens is 350 g/mol. The fourth-order valence-electron chi connectivity index (χ4n) is 5.64. The van der Waals surface area contributed by atoms with Gasteiger partial charge >= 0.3 is 0 Å². The summed E-state index contributed by atoms with van der Waals surface area (Å²) in [6, 6.07) is 11.8. The Morgan fingerprint density at radius 1 is 0.862 bits per heavy atom. The molecule has 1 nitrogen and oxygen atoms in total. The lowest BCUT2D eigenvalue weighted by Crippen LogP contribution is -2.17. The molecule has 0 heterocycles. The van der Waals surface area contributed by atoms with Crippen molar-refractivity contribution < 1.29 is 0 Å². The van der Waals surface area contributed by atoms with Gasteiger partial charge in [-0.2, -0.15) is 5.26 Å². The zero-order valence-corrected chi connectivity index (χ0v) is 18.6. The molecule has 0 bridgehead atoms. The average molecular weight is 392 g/mol. The summed E-state index contributed by atoms with van der Waals surface area (Å²) in [7, 11) is 0. The van der Waals surface area contributed by atoms with Gasteiger partial charge in [-0.1, -0.05) is 62.9 Å². The Labute approximate surface area is 179 Å². The molecule has 2 aliphatic rings. The first-order valence-corrected chi connectivity index (χ1v) is 12.4. The van der Waals surface area contributed by atoms with Crippen LogP contribution in [-0.2, 0) is 6.42 Å². The first-order valence-electron chi connectivity index (χ1n) is 12.4. The Balaban J connectivity index is 1.33. The lowest BCUT2D eigenvalue weighted by molar-refractivity contribution is 0.246. The van der Waals surface area contributed by atoms with Gasteiger partial charge in [0.1, 0.15) is 0 Å². The molecule has 1 aromatic rings. The summed E-state index contributed by atoms with van der Waals surface area (Å²) < 4.78 is 0. The van der Waals surface area contributed by atoms with E-state index in [-0.39, 0.29) is 0 Å². The standard InChI is InChI=1S/C28H41N/c1-2-3-4-6-23-14-18-27(19-15-23)28-20-16-26(17-21-28)13-12-25-10-8-24(9-11-25)7-5-22-29/h5,7,14-15,18-19,24-26,28H,2-4,6,8-13,16-17,20-21H2,1H3/b7-5+. The van der Waals surface area contributed by atoms with Crippen LogP contribution >= 0.6 is 0 Å². The zero-order valence-electron chi connectivity index (χ0n) is 18.6. The molecule has 0 aromatic heterocycles. The molecule has 2 saturated carbocycles. The fraction of sp³-hybridized carbons (Fsp3) is 0.679. The fourth-order valence-corrected chi connectivity index (χ4v) is 5.64. The third-order valence-electron chi connectivity index (χ3n) is 7.68. The number of hydrogen-bond acceptors (Lipinski definition) is 1. The van der Waals surface area contributed by atoms with Gasteiger partial charge in [0, 0.05) is 6.08 Å². The van der Waals surface area contributed by atoms with Crippen molar-refractivity contribution in [1.82, 2.24) is 0 Å². The van der Waals surface area contributed by atoms with E-state index in [1.165, 1.54) is 95.5 Å². The first-order chi connectivity index (χ1) is 14.3. The molecule has 158 valence electrons. The maximum Gasteiger partial charge on any atom is 0.0908 e. The molecule has 1 heteroatoms. The van der Waals surface area contributed by atoms with E-state index in [4.69, 9.17) is 5.26 Å². The van der Waals surface area contributed by atoms with Crippen LogP contribution in [0, 0.1) is 29.1 Å². The van der Waals surface area contributed by atoms with Crippen molar-refractivity contribution in [3.05, 3.63) is 47.5 Å². The Morgan fingerprint density at radius 3 is 2.07 bits per heavy atom. The van der Waals surface area contributed by atoms with Crippen molar-refractivity contribution in [3.63, 3.8) is 0 Å². The van der Waals surface area contributed by atoms with E-state index >= 15 is 0 Å². The highest BCUT2D eigenvalue weighted by atomic mass is 14.3. The van der Waals surface area contributed by atoms with Gasteiger partial charge in [0.05, 0.1) is 6.07 Å². The lowest BCUT2D eigenvalue weighted by atomic mass is 9.74. The Hall–Kier alpha value is -1.55. The lowest BCUT2D eigenvalue weighted by Gasteiger charge is -2.31. The zero-order chi connectivity index (χ0) is 20.3. The Bertz CT molecular complexity index is 634. The topological polar surface area (TPSA) is 23.8 Å². The number of aryl methyl sites for hydroxylation is 1. The van der Waals surface area contributed by atoms with E-state index in [9.17, 15) is 0 Å². The van der Waals surface area contributed by atoms with Gasteiger partial charge in [0.25, 0.3) is 0 Å². The van der Waals surface area contributed by atoms with Gasteiger partial charge < -0.3 is 0 Å². The maximum atomic E-state index is 8.68. The molecule has 0 spiro atoms. The quantitative estimate of drug-likeness (QED) is 0.306. The molecule has 1 aromatic carbocycles. The number of nitrogens with zero attached hydrogens (tertiary/aromatic N) is 1. The minimum absolute atomic E-state index is 0.666. The molecule has 0 unspecified atom stereocenters. The van der Waals surface area contributed by atoms with Gasteiger partial charge in [-0.25, -0.2) is 0 Å². The molecule has 2 aliphatic carbocycles. The van der Waals surface area contributed by atoms with Crippen LogP contribution in [0.3, 0.4) is 0 Å². The summed E-state index contributed by atoms with van der Waals surface area (Å²) >= 11 is 0. The molecular formula is C28H41N. The van der Waals surface area contributed by atoms with Crippen molar-refractivity contribution in [2.45, 2.75) is 103 Å². The predicted octanol–water partition coefficient (Wildman–Crippen LogP) is 8.36. The molecule has 0 saturated heterocycles. The summed E-state index contributed by atoms with van der Waals surface area (Å²) in [6.45, 7) is 2.28. The number of allylic oxidation sites excluding steroid dienone is 2. The summed E-state index contributed by atoms with van der Waals surface area (Å²) in [5.74, 6) is 3.38. The van der Waals surface area contributed by atoms with Gasteiger partial charge in [-0.3, -0.25) is 0 Å². The van der Waals surface area contributed by atoms with Crippen molar-refractivity contribution in [3.8, 4) is 6.07 Å². The van der Waals surface area contributed by atoms with Crippen molar-refractivity contribution in [2.24, 2.45) is 17.8 Å². The van der Waals surface area contributed by atoms with Crippen LogP contribution in [-0.4, -0.2) is 0 Å².